The number of halogens is 2. The van der Waals surface area contributed by atoms with Crippen LogP contribution in [0.3, 0.4) is 0 Å². The summed E-state index contributed by atoms with van der Waals surface area (Å²) in [6.45, 7) is 1.74. The lowest BCUT2D eigenvalue weighted by Crippen LogP contribution is -1.96. The van der Waals surface area contributed by atoms with Gasteiger partial charge in [0.05, 0.1) is 0 Å². The third kappa shape index (κ3) is 1.95. The lowest BCUT2D eigenvalue weighted by atomic mass is 10.3. The van der Waals surface area contributed by atoms with E-state index in [0.29, 0.717) is 23.1 Å². The van der Waals surface area contributed by atoms with Gasteiger partial charge in [-0.15, -0.1) is 0 Å². The smallest absolute Gasteiger partial charge is 0.173 e. The van der Waals surface area contributed by atoms with Crippen LogP contribution in [-0.4, -0.2) is 9.97 Å². The number of hydrogen-bond acceptors (Lipinski definition) is 3. The Kier molecular flexibility index (Phi) is 2.47. The summed E-state index contributed by atoms with van der Waals surface area (Å²) in [5.74, 6) is -0.430. The quantitative estimate of drug-likeness (QED) is 0.733. The molecule has 4 nitrogen and oxygen atoms in total. The molecule has 1 heterocycles. The fourth-order valence-corrected chi connectivity index (χ4v) is 1.32. The van der Waals surface area contributed by atoms with Gasteiger partial charge in [0.2, 0.25) is 0 Å². The van der Waals surface area contributed by atoms with Crippen LogP contribution in [-0.2, 0) is 0 Å². The molecule has 0 saturated carbocycles. The highest BCUT2D eigenvalue weighted by molar-refractivity contribution is 5.66. The SMILES string of the molecule is Cc1nc(Nc2ccc(F)c(F)c2)c(N)[nH]1. The zero-order valence-corrected chi connectivity index (χ0v) is 8.51. The molecule has 0 atom stereocenters. The van der Waals surface area contributed by atoms with E-state index in [1.165, 1.54) is 6.07 Å². The van der Waals surface area contributed by atoms with Crippen molar-refractivity contribution in [3.05, 3.63) is 35.7 Å². The van der Waals surface area contributed by atoms with E-state index in [-0.39, 0.29) is 0 Å². The second kappa shape index (κ2) is 3.80. The number of aromatic nitrogens is 2. The van der Waals surface area contributed by atoms with Crippen LogP contribution in [0.2, 0.25) is 0 Å². The van der Waals surface area contributed by atoms with Crippen LogP contribution in [0, 0.1) is 18.6 Å². The summed E-state index contributed by atoms with van der Waals surface area (Å²) >= 11 is 0. The number of aromatic amines is 1. The standard InChI is InChI=1S/C10H10F2N4/c1-5-14-9(13)10(15-5)16-6-2-3-7(11)8(12)4-6/h2-4,16H,13H2,1H3,(H,14,15). The van der Waals surface area contributed by atoms with Gasteiger partial charge < -0.3 is 16.0 Å². The molecule has 6 heteroatoms. The van der Waals surface area contributed by atoms with E-state index in [1.807, 2.05) is 0 Å². The molecule has 0 aliphatic rings. The van der Waals surface area contributed by atoms with Gasteiger partial charge in [-0.05, 0) is 19.1 Å². The molecule has 0 unspecified atom stereocenters. The number of H-pyrrole nitrogens is 1. The Balaban J connectivity index is 2.27. The topological polar surface area (TPSA) is 66.7 Å². The minimum atomic E-state index is -0.921. The Morgan fingerprint density at radius 1 is 1.31 bits per heavy atom. The van der Waals surface area contributed by atoms with E-state index in [4.69, 9.17) is 5.73 Å². The van der Waals surface area contributed by atoms with Crippen molar-refractivity contribution >= 4 is 17.3 Å². The molecule has 4 N–H and O–H groups in total. The van der Waals surface area contributed by atoms with Crippen molar-refractivity contribution < 1.29 is 8.78 Å². The Labute approximate surface area is 90.5 Å². The van der Waals surface area contributed by atoms with Crippen LogP contribution in [0.15, 0.2) is 18.2 Å². The van der Waals surface area contributed by atoms with Gasteiger partial charge >= 0.3 is 0 Å². The van der Waals surface area contributed by atoms with Crippen molar-refractivity contribution in [3.63, 3.8) is 0 Å². The molecule has 1 aromatic heterocycles. The maximum Gasteiger partial charge on any atom is 0.173 e. The van der Waals surface area contributed by atoms with Gasteiger partial charge in [-0.25, -0.2) is 13.8 Å². The van der Waals surface area contributed by atoms with E-state index < -0.39 is 11.6 Å². The van der Waals surface area contributed by atoms with Crippen molar-refractivity contribution in [2.45, 2.75) is 6.92 Å². The van der Waals surface area contributed by atoms with Crippen molar-refractivity contribution in [2.75, 3.05) is 11.1 Å². The Bertz CT molecular complexity index is 522. The second-order valence-corrected chi connectivity index (χ2v) is 3.34. The van der Waals surface area contributed by atoms with Gasteiger partial charge in [-0.2, -0.15) is 0 Å². The molecule has 2 rings (SSSR count). The van der Waals surface area contributed by atoms with E-state index in [9.17, 15) is 8.78 Å². The first-order valence-electron chi connectivity index (χ1n) is 4.60. The summed E-state index contributed by atoms with van der Waals surface area (Å²) in [5.41, 5.74) is 6.00. The molecule has 0 aliphatic heterocycles. The number of benzene rings is 1. The predicted molar refractivity (Wildman–Crippen MR) is 57.4 cm³/mol. The summed E-state index contributed by atoms with van der Waals surface area (Å²) in [6, 6.07) is 3.48. The number of nitrogens with zero attached hydrogens (tertiary/aromatic N) is 1. The van der Waals surface area contributed by atoms with E-state index >= 15 is 0 Å². The van der Waals surface area contributed by atoms with Gasteiger partial charge in [0, 0.05) is 11.8 Å². The van der Waals surface area contributed by atoms with E-state index in [1.54, 1.807) is 6.92 Å². The average Bonchev–Trinajstić information content (AvgIpc) is 2.51. The number of rotatable bonds is 2. The summed E-state index contributed by atoms with van der Waals surface area (Å²) < 4.78 is 25.6. The summed E-state index contributed by atoms with van der Waals surface area (Å²) in [7, 11) is 0. The largest absolute Gasteiger partial charge is 0.382 e. The molecule has 84 valence electrons. The van der Waals surface area contributed by atoms with Crippen molar-refractivity contribution in [1.82, 2.24) is 9.97 Å². The molecule has 2 aromatic rings. The van der Waals surface area contributed by atoms with Crippen LogP contribution in [0.25, 0.3) is 0 Å². The van der Waals surface area contributed by atoms with Crippen LogP contribution in [0.4, 0.5) is 26.1 Å². The highest BCUT2D eigenvalue weighted by Crippen LogP contribution is 2.21. The average molecular weight is 224 g/mol. The minimum absolute atomic E-state index is 0.349. The maximum atomic E-state index is 12.9. The first-order valence-corrected chi connectivity index (χ1v) is 4.60. The zero-order valence-electron chi connectivity index (χ0n) is 8.51. The summed E-state index contributed by atoms with van der Waals surface area (Å²) in [5, 5.41) is 2.79. The lowest BCUT2D eigenvalue weighted by Gasteiger charge is -2.04. The Morgan fingerprint density at radius 3 is 2.62 bits per heavy atom. The number of nitrogens with one attached hydrogen (secondary N) is 2. The molecular weight excluding hydrogens is 214 g/mol. The number of nitrogens with two attached hydrogens (primary N) is 1. The fraction of sp³-hybridized carbons (Fsp3) is 0.100. The summed E-state index contributed by atoms with van der Waals surface area (Å²) in [4.78, 5) is 6.84. The van der Waals surface area contributed by atoms with Gasteiger partial charge in [0.25, 0.3) is 0 Å². The predicted octanol–water partition coefficient (Wildman–Crippen LogP) is 2.32. The molecule has 0 fully saturated rings. The van der Waals surface area contributed by atoms with Crippen molar-refractivity contribution in [3.8, 4) is 0 Å². The van der Waals surface area contributed by atoms with E-state index in [0.717, 1.165) is 12.1 Å². The van der Waals surface area contributed by atoms with Gasteiger partial charge in [-0.1, -0.05) is 0 Å². The molecule has 0 bridgehead atoms. The van der Waals surface area contributed by atoms with Crippen LogP contribution in [0.5, 0.6) is 0 Å². The van der Waals surface area contributed by atoms with Crippen LogP contribution in [0.1, 0.15) is 5.82 Å². The normalized spacial score (nSPS) is 10.4. The third-order valence-electron chi connectivity index (χ3n) is 2.03. The molecular formula is C10H10F2N4. The first-order chi connectivity index (χ1) is 7.56. The van der Waals surface area contributed by atoms with Gasteiger partial charge in [0.15, 0.2) is 17.5 Å². The summed E-state index contributed by atoms with van der Waals surface area (Å²) in [6.07, 6.45) is 0. The van der Waals surface area contributed by atoms with Crippen molar-refractivity contribution in [1.29, 1.82) is 0 Å². The Hall–Kier alpha value is -2.11. The van der Waals surface area contributed by atoms with E-state index in [2.05, 4.69) is 15.3 Å². The molecule has 16 heavy (non-hydrogen) atoms. The maximum absolute atomic E-state index is 12.9. The zero-order chi connectivity index (χ0) is 11.7. The molecule has 0 radical (unpaired) electrons. The number of aryl methyl sites for hydroxylation is 1. The van der Waals surface area contributed by atoms with Crippen LogP contribution >= 0.6 is 0 Å². The molecule has 1 aromatic carbocycles. The number of anilines is 3. The monoisotopic (exact) mass is 224 g/mol. The Morgan fingerprint density at radius 2 is 2.06 bits per heavy atom. The fourth-order valence-electron chi connectivity index (χ4n) is 1.32. The highest BCUT2D eigenvalue weighted by atomic mass is 19.2. The van der Waals surface area contributed by atoms with Crippen molar-refractivity contribution in [2.24, 2.45) is 0 Å². The third-order valence-corrected chi connectivity index (χ3v) is 2.03. The van der Waals surface area contributed by atoms with Gasteiger partial charge in [-0.3, -0.25) is 0 Å². The number of imidazole rings is 1. The van der Waals surface area contributed by atoms with Gasteiger partial charge in [0.1, 0.15) is 11.6 Å². The molecule has 0 amide bonds. The highest BCUT2D eigenvalue weighted by Gasteiger charge is 2.07. The second-order valence-electron chi connectivity index (χ2n) is 3.34. The number of nitrogen functional groups attached to an aromatic ring is 1. The minimum Gasteiger partial charge on any atom is -0.382 e. The number of hydrogen-bond donors (Lipinski definition) is 3. The molecule has 0 saturated heterocycles. The van der Waals surface area contributed by atoms with Crippen LogP contribution < -0.4 is 11.1 Å². The first kappa shape index (κ1) is 10.4. The molecule has 0 spiro atoms. The molecule has 0 aliphatic carbocycles. The lowest BCUT2D eigenvalue weighted by molar-refractivity contribution is 0.509.